The van der Waals surface area contributed by atoms with Gasteiger partial charge in [-0.25, -0.2) is 8.42 Å². The minimum Gasteiger partial charge on any atom is -0.383 e. The molecular formula is C24H27ClN4O3S. The standard InChI is InChI=1S/C24H27ClN4O3S/c1-17-4-7-20(8-5-17)33(31,32)29-14-2-3-18(16-29)24(30)28-13-12-27-22-10-11-26-23-15-19(25)6-9-21(22)23/h4-11,15,18H,2-3,12-14,16H2,1H3,(H,26,27)(H,28,30). The number of piperidine rings is 1. The van der Waals surface area contributed by atoms with Crippen LogP contribution in [0.25, 0.3) is 10.9 Å². The number of aryl methyl sites for hydroxylation is 1. The molecule has 2 N–H and O–H groups in total. The lowest BCUT2D eigenvalue weighted by molar-refractivity contribution is -0.125. The van der Waals surface area contributed by atoms with Crippen molar-refractivity contribution in [3.8, 4) is 0 Å². The zero-order chi connectivity index (χ0) is 23.4. The predicted molar refractivity (Wildman–Crippen MR) is 131 cm³/mol. The molecule has 1 saturated heterocycles. The number of amides is 1. The van der Waals surface area contributed by atoms with Crippen molar-refractivity contribution in [1.29, 1.82) is 0 Å². The van der Waals surface area contributed by atoms with E-state index < -0.39 is 10.0 Å². The van der Waals surface area contributed by atoms with Gasteiger partial charge >= 0.3 is 0 Å². The fourth-order valence-electron chi connectivity index (χ4n) is 4.04. The first-order chi connectivity index (χ1) is 15.8. The number of halogens is 1. The second-order valence-corrected chi connectivity index (χ2v) is 10.6. The smallest absolute Gasteiger partial charge is 0.243 e. The molecule has 1 aliphatic rings. The minimum absolute atomic E-state index is 0.119. The van der Waals surface area contributed by atoms with E-state index in [0.29, 0.717) is 37.5 Å². The van der Waals surface area contributed by atoms with Gasteiger partial charge < -0.3 is 10.6 Å². The Labute approximate surface area is 199 Å². The molecule has 1 fully saturated rings. The lowest BCUT2D eigenvalue weighted by Gasteiger charge is -2.31. The average Bonchev–Trinajstić information content (AvgIpc) is 2.82. The quantitative estimate of drug-likeness (QED) is 0.495. The molecule has 0 bridgehead atoms. The van der Waals surface area contributed by atoms with E-state index in [9.17, 15) is 13.2 Å². The van der Waals surface area contributed by atoms with Crippen LogP contribution in [0.5, 0.6) is 0 Å². The highest BCUT2D eigenvalue weighted by molar-refractivity contribution is 7.89. The van der Waals surface area contributed by atoms with E-state index in [2.05, 4.69) is 15.6 Å². The van der Waals surface area contributed by atoms with Crippen LogP contribution in [0, 0.1) is 12.8 Å². The number of sulfonamides is 1. The Kier molecular flexibility index (Phi) is 7.17. The summed E-state index contributed by atoms with van der Waals surface area (Å²) in [5.74, 6) is -0.477. The van der Waals surface area contributed by atoms with Crippen LogP contribution in [0.1, 0.15) is 18.4 Å². The third kappa shape index (κ3) is 5.46. The number of hydrogen-bond acceptors (Lipinski definition) is 5. The number of nitrogens with zero attached hydrogens (tertiary/aromatic N) is 2. The van der Waals surface area contributed by atoms with Crippen LogP contribution in [0.15, 0.2) is 59.6 Å². The maximum Gasteiger partial charge on any atom is 0.243 e. The minimum atomic E-state index is -3.60. The number of fused-ring (bicyclic) bond motifs is 1. The summed E-state index contributed by atoms with van der Waals surface area (Å²) in [4.78, 5) is 17.3. The first kappa shape index (κ1) is 23.5. The summed E-state index contributed by atoms with van der Waals surface area (Å²) in [6.45, 7) is 3.51. The van der Waals surface area contributed by atoms with E-state index >= 15 is 0 Å². The maximum atomic E-state index is 13.0. The number of benzene rings is 2. The number of hydrogen-bond donors (Lipinski definition) is 2. The normalized spacial score (nSPS) is 17.1. The lowest BCUT2D eigenvalue weighted by Crippen LogP contribution is -2.46. The van der Waals surface area contributed by atoms with Gasteiger partial charge in [-0.3, -0.25) is 9.78 Å². The summed E-state index contributed by atoms with van der Waals surface area (Å²) in [6, 6.07) is 14.2. The Morgan fingerprint density at radius 1 is 1.15 bits per heavy atom. The van der Waals surface area contributed by atoms with Gasteiger partial charge in [0.1, 0.15) is 0 Å². The molecule has 0 aliphatic carbocycles. The Morgan fingerprint density at radius 2 is 1.94 bits per heavy atom. The molecule has 2 aromatic carbocycles. The molecule has 0 saturated carbocycles. The van der Waals surface area contributed by atoms with Gasteiger partial charge in [-0.1, -0.05) is 29.3 Å². The van der Waals surface area contributed by atoms with Crippen LogP contribution in [0.4, 0.5) is 5.69 Å². The monoisotopic (exact) mass is 486 g/mol. The van der Waals surface area contributed by atoms with Crippen LogP contribution in [0.2, 0.25) is 5.02 Å². The van der Waals surface area contributed by atoms with Gasteiger partial charge in [0.15, 0.2) is 0 Å². The molecule has 0 radical (unpaired) electrons. The molecule has 1 amide bonds. The fraction of sp³-hybridized carbons (Fsp3) is 0.333. The topological polar surface area (TPSA) is 91.4 Å². The first-order valence-corrected chi connectivity index (χ1v) is 12.8. The van der Waals surface area contributed by atoms with Gasteiger partial charge in [-0.05, 0) is 56.2 Å². The van der Waals surface area contributed by atoms with Crippen molar-refractivity contribution in [2.45, 2.75) is 24.7 Å². The van der Waals surface area contributed by atoms with Crippen molar-refractivity contribution in [3.63, 3.8) is 0 Å². The van der Waals surface area contributed by atoms with E-state index in [1.54, 1.807) is 30.5 Å². The van der Waals surface area contributed by atoms with Gasteiger partial charge in [-0.2, -0.15) is 4.31 Å². The van der Waals surface area contributed by atoms with E-state index in [4.69, 9.17) is 11.6 Å². The summed E-state index contributed by atoms with van der Waals surface area (Å²) in [5.41, 5.74) is 2.72. The second-order valence-electron chi connectivity index (χ2n) is 8.25. The molecule has 174 valence electrons. The van der Waals surface area contributed by atoms with Crippen LogP contribution in [-0.2, 0) is 14.8 Å². The molecule has 1 aromatic heterocycles. The molecule has 1 aliphatic heterocycles. The van der Waals surface area contributed by atoms with Crippen LogP contribution in [-0.4, -0.2) is 49.8 Å². The molecule has 1 atom stereocenters. The Bertz CT molecular complexity index is 1250. The summed E-state index contributed by atoms with van der Waals surface area (Å²) < 4.78 is 27.4. The number of anilines is 1. The Hall–Kier alpha value is -2.68. The van der Waals surface area contributed by atoms with Crippen molar-refractivity contribution >= 4 is 44.1 Å². The predicted octanol–water partition coefficient (Wildman–Crippen LogP) is 3.83. The van der Waals surface area contributed by atoms with Gasteiger partial charge in [0.05, 0.1) is 16.3 Å². The molecule has 0 spiro atoms. The van der Waals surface area contributed by atoms with Crippen LogP contribution >= 0.6 is 11.6 Å². The number of pyridine rings is 1. The van der Waals surface area contributed by atoms with Gasteiger partial charge in [0.25, 0.3) is 0 Å². The van der Waals surface area contributed by atoms with Gasteiger partial charge in [-0.15, -0.1) is 0 Å². The van der Waals surface area contributed by atoms with Gasteiger partial charge in [0, 0.05) is 48.5 Å². The zero-order valence-electron chi connectivity index (χ0n) is 18.4. The SMILES string of the molecule is Cc1ccc(S(=O)(=O)N2CCCC(C(=O)NCCNc3ccnc4cc(Cl)ccc34)C2)cc1. The molecule has 1 unspecified atom stereocenters. The van der Waals surface area contributed by atoms with E-state index in [-0.39, 0.29) is 23.3 Å². The van der Waals surface area contributed by atoms with Crippen molar-refractivity contribution in [3.05, 3.63) is 65.3 Å². The second kappa shape index (κ2) is 10.1. The zero-order valence-corrected chi connectivity index (χ0v) is 20.0. The molecule has 7 nitrogen and oxygen atoms in total. The highest BCUT2D eigenvalue weighted by Gasteiger charge is 2.33. The van der Waals surface area contributed by atoms with Crippen molar-refractivity contribution < 1.29 is 13.2 Å². The number of carbonyl (C=O) groups excluding carboxylic acids is 1. The molecular weight excluding hydrogens is 460 g/mol. The summed E-state index contributed by atoms with van der Waals surface area (Å²) in [5, 5.41) is 7.85. The Balaban J connectivity index is 1.31. The molecule has 3 aromatic rings. The molecule has 33 heavy (non-hydrogen) atoms. The largest absolute Gasteiger partial charge is 0.383 e. The van der Waals surface area contributed by atoms with Crippen molar-refractivity contribution in [1.82, 2.24) is 14.6 Å². The van der Waals surface area contributed by atoms with E-state index in [0.717, 1.165) is 22.2 Å². The van der Waals surface area contributed by atoms with Crippen molar-refractivity contribution in [2.75, 3.05) is 31.5 Å². The molecule has 9 heteroatoms. The maximum absolute atomic E-state index is 13.0. The average molecular weight is 487 g/mol. The molecule has 4 rings (SSSR count). The third-order valence-corrected chi connectivity index (χ3v) is 7.97. The molecule has 2 heterocycles. The van der Waals surface area contributed by atoms with Gasteiger partial charge in [0.2, 0.25) is 15.9 Å². The highest BCUT2D eigenvalue weighted by Crippen LogP contribution is 2.25. The number of carbonyl (C=O) groups is 1. The van der Waals surface area contributed by atoms with E-state index in [1.165, 1.54) is 4.31 Å². The number of nitrogens with one attached hydrogen (secondary N) is 2. The highest BCUT2D eigenvalue weighted by atomic mass is 35.5. The lowest BCUT2D eigenvalue weighted by atomic mass is 9.99. The summed E-state index contributed by atoms with van der Waals surface area (Å²) >= 11 is 6.04. The third-order valence-electron chi connectivity index (χ3n) is 5.86. The summed E-state index contributed by atoms with van der Waals surface area (Å²) in [7, 11) is -3.60. The number of aromatic nitrogens is 1. The first-order valence-electron chi connectivity index (χ1n) is 11.0. The van der Waals surface area contributed by atoms with E-state index in [1.807, 2.05) is 31.2 Å². The van der Waals surface area contributed by atoms with Crippen LogP contribution in [0.3, 0.4) is 0 Å². The van der Waals surface area contributed by atoms with Crippen LogP contribution < -0.4 is 10.6 Å². The number of rotatable bonds is 7. The van der Waals surface area contributed by atoms with Crippen molar-refractivity contribution in [2.24, 2.45) is 5.92 Å². The summed E-state index contributed by atoms with van der Waals surface area (Å²) in [6.07, 6.45) is 3.05. The Morgan fingerprint density at radius 3 is 2.73 bits per heavy atom. The fourth-order valence-corrected chi connectivity index (χ4v) is 5.73.